The molecule has 1 unspecified atom stereocenters. The van der Waals surface area contributed by atoms with Crippen LogP contribution in [0.3, 0.4) is 0 Å². The van der Waals surface area contributed by atoms with Gasteiger partial charge in [-0.3, -0.25) is 9.89 Å². The summed E-state index contributed by atoms with van der Waals surface area (Å²) in [5, 5.41) is 10.4. The van der Waals surface area contributed by atoms with Gasteiger partial charge < -0.3 is 30.3 Å². The Labute approximate surface area is 218 Å². The minimum atomic E-state index is -0.287. The number of halogens is 1. The highest BCUT2D eigenvalue weighted by Crippen LogP contribution is 2.30. The number of piperazine rings is 1. The number of hydrogen-bond acceptors (Lipinski definition) is 10. The van der Waals surface area contributed by atoms with Crippen molar-refractivity contribution in [3.8, 4) is 0 Å². The van der Waals surface area contributed by atoms with Crippen molar-refractivity contribution in [1.29, 1.82) is 0 Å². The van der Waals surface area contributed by atoms with E-state index in [1.807, 2.05) is 14.0 Å². The molecule has 1 atom stereocenters. The molecule has 1 aromatic heterocycles. The number of rotatable bonds is 11. The van der Waals surface area contributed by atoms with Crippen LogP contribution in [0, 0.1) is 5.82 Å². The highest BCUT2D eigenvalue weighted by Gasteiger charge is 2.25. The molecule has 37 heavy (non-hydrogen) atoms. The zero-order valence-corrected chi connectivity index (χ0v) is 22.1. The second-order valence-corrected chi connectivity index (χ2v) is 9.21. The van der Waals surface area contributed by atoms with E-state index in [-0.39, 0.29) is 5.82 Å². The van der Waals surface area contributed by atoms with Gasteiger partial charge in [0.15, 0.2) is 5.82 Å². The molecular formula is C26H39FN8O2. The molecule has 3 N–H and O–H groups in total. The zero-order valence-electron chi connectivity index (χ0n) is 22.1. The number of nitrogens with zero attached hydrogens (tertiary/aromatic N) is 5. The molecule has 2 fully saturated rings. The fourth-order valence-electron chi connectivity index (χ4n) is 4.46. The first-order valence-corrected chi connectivity index (χ1v) is 13.1. The highest BCUT2D eigenvalue weighted by molar-refractivity contribution is 6.07. The molecule has 10 nitrogen and oxygen atoms in total. The molecule has 202 valence electrons. The van der Waals surface area contributed by atoms with E-state index in [1.54, 1.807) is 12.1 Å². The molecule has 11 heteroatoms. The van der Waals surface area contributed by atoms with Gasteiger partial charge in [-0.25, -0.2) is 9.37 Å². The molecule has 2 saturated heterocycles. The van der Waals surface area contributed by atoms with Gasteiger partial charge in [0.25, 0.3) is 0 Å². The summed E-state index contributed by atoms with van der Waals surface area (Å²) in [4.78, 5) is 19.3. The van der Waals surface area contributed by atoms with Gasteiger partial charge in [-0.05, 0) is 38.1 Å². The van der Waals surface area contributed by atoms with Crippen LogP contribution in [-0.2, 0) is 9.47 Å². The van der Waals surface area contributed by atoms with Gasteiger partial charge in [-0.2, -0.15) is 4.98 Å². The third-order valence-corrected chi connectivity index (χ3v) is 6.43. The Balaban J connectivity index is 1.75. The molecule has 0 bridgehead atoms. The van der Waals surface area contributed by atoms with Crippen molar-refractivity contribution in [2.24, 2.45) is 4.99 Å². The lowest BCUT2D eigenvalue weighted by molar-refractivity contribution is 0.0453. The molecule has 0 aliphatic carbocycles. The summed E-state index contributed by atoms with van der Waals surface area (Å²) in [5.74, 6) is 0.981. The fraction of sp³-hybridized carbons (Fsp3) is 0.577. The van der Waals surface area contributed by atoms with Crippen molar-refractivity contribution in [3.63, 3.8) is 0 Å². The first kappa shape index (κ1) is 27.2. The van der Waals surface area contributed by atoms with Crippen molar-refractivity contribution < 1.29 is 13.9 Å². The number of hydrogen-bond donors (Lipinski definition) is 3. The van der Waals surface area contributed by atoms with Gasteiger partial charge in [0.05, 0.1) is 25.5 Å². The molecule has 0 radical (unpaired) electrons. The summed E-state index contributed by atoms with van der Waals surface area (Å²) in [6, 6.07) is 6.60. The average molecular weight is 515 g/mol. The molecule has 0 saturated carbocycles. The van der Waals surface area contributed by atoms with Crippen LogP contribution in [0.1, 0.15) is 19.5 Å². The van der Waals surface area contributed by atoms with Crippen LogP contribution in [0.2, 0.25) is 0 Å². The molecule has 4 rings (SSSR count). The maximum absolute atomic E-state index is 13.6. The van der Waals surface area contributed by atoms with Crippen molar-refractivity contribution in [2.45, 2.75) is 19.9 Å². The van der Waals surface area contributed by atoms with Crippen LogP contribution >= 0.6 is 0 Å². The van der Waals surface area contributed by atoms with Gasteiger partial charge in [0.2, 0.25) is 5.95 Å². The molecule has 0 spiro atoms. The predicted octanol–water partition coefficient (Wildman–Crippen LogP) is 2.36. The molecule has 2 aliphatic heterocycles. The smallest absolute Gasteiger partial charge is 0.228 e. The molecule has 3 heterocycles. The maximum Gasteiger partial charge on any atom is 0.228 e. The third-order valence-electron chi connectivity index (χ3n) is 6.43. The number of anilines is 4. The number of benzene rings is 1. The van der Waals surface area contributed by atoms with Crippen LogP contribution in [-0.4, -0.2) is 106 Å². The molecule has 2 aliphatic rings. The maximum atomic E-state index is 13.6. The summed E-state index contributed by atoms with van der Waals surface area (Å²) < 4.78 is 24.7. The summed E-state index contributed by atoms with van der Waals surface area (Å²) in [6.45, 7) is 12.1. The Morgan fingerprint density at radius 1 is 1.22 bits per heavy atom. The lowest BCUT2D eigenvalue weighted by atomic mass is 10.1. The second-order valence-electron chi connectivity index (χ2n) is 9.21. The number of nitrogens with one attached hydrogen (secondary N) is 3. The van der Waals surface area contributed by atoms with E-state index < -0.39 is 0 Å². The lowest BCUT2D eigenvalue weighted by Gasteiger charge is -2.33. The van der Waals surface area contributed by atoms with Crippen molar-refractivity contribution in [1.82, 2.24) is 20.2 Å². The standard InChI is InChI=1S/C26H39FN8O2/c1-4-36-14-10-30-24-23(22(28-3)18-34-12-15-37-16-13-34)32-26(35-11-9-29-19(2)17-35)33-25(24)31-21-7-5-20(27)6-8-21/h5-8,19,29-30H,4,9-18H2,1-3H3,(H,31,32,33). The van der Waals surface area contributed by atoms with Crippen LogP contribution in [0.5, 0.6) is 0 Å². The van der Waals surface area contributed by atoms with E-state index >= 15 is 0 Å². The molecule has 0 amide bonds. The van der Waals surface area contributed by atoms with Crippen LogP contribution < -0.4 is 20.9 Å². The summed E-state index contributed by atoms with van der Waals surface area (Å²) in [6.07, 6.45) is 0. The van der Waals surface area contributed by atoms with Crippen LogP contribution in [0.15, 0.2) is 29.3 Å². The summed E-state index contributed by atoms with van der Waals surface area (Å²) in [7, 11) is 1.81. The molecule has 2 aromatic rings. The fourth-order valence-corrected chi connectivity index (χ4v) is 4.46. The van der Waals surface area contributed by atoms with E-state index in [4.69, 9.17) is 19.4 Å². The average Bonchev–Trinajstić information content (AvgIpc) is 2.92. The Morgan fingerprint density at radius 3 is 2.70 bits per heavy atom. The van der Waals surface area contributed by atoms with E-state index in [0.717, 1.165) is 55.5 Å². The number of morpholine rings is 1. The van der Waals surface area contributed by atoms with Crippen molar-refractivity contribution >= 4 is 28.9 Å². The van der Waals surface area contributed by atoms with E-state index in [9.17, 15) is 4.39 Å². The summed E-state index contributed by atoms with van der Waals surface area (Å²) in [5.41, 5.74) is 3.12. The monoisotopic (exact) mass is 514 g/mol. The number of ether oxygens (including phenoxy) is 2. The minimum absolute atomic E-state index is 0.287. The molecule has 1 aromatic carbocycles. The van der Waals surface area contributed by atoms with Crippen molar-refractivity contribution in [3.05, 3.63) is 35.8 Å². The normalized spacial score (nSPS) is 19.2. The van der Waals surface area contributed by atoms with Gasteiger partial charge >= 0.3 is 0 Å². The van der Waals surface area contributed by atoms with E-state index in [1.165, 1.54) is 12.1 Å². The second kappa shape index (κ2) is 13.6. The first-order valence-electron chi connectivity index (χ1n) is 13.1. The quantitative estimate of drug-likeness (QED) is 0.308. The van der Waals surface area contributed by atoms with Crippen molar-refractivity contribution in [2.75, 3.05) is 94.8 Å². The van der Waals surface area contributed by atoms with E-state index in [0.29, 0.717) is 57.3 Å². The predicted molar refractivity (Wildman–Crippen MR) is 146 cm³/mol. The van der Waals surface area contributed by atoms with Crippen LogP contribution in [0.4, 0.5) is 27.5 Å². The van der Waals surface area contributed by atoms with Gasteiger partial charge in [-0.15, -0.1) is 0 Å². The first-order chi connectivity index (χ1) is 18.1. The van der Waals surface area contributed by atoms with Gasteiger partial charge in [0.1, 0.15) is 17.2 Å². The van der Waals surface area contributed by atoms with Gasteiger partial charge in [-0.1, -0.05) is 0 Å². The number of aliphatic imine (C=N–C) groups is 1. The third kappa shape index (κ3) is 7.57. The Morgan fingerprint density at radius 2 is 2.00 bits per heavy atom. The SMILES string of the molecule is CCOCCNc1c(Nc2ccc(F)cc2)nc(N2CCNC(C)C2)nc1C(CN1CCOCC1)=NC. The largest absolute Gasteiger partial charge is 0.380 e. The Bertz CT molecular complexity index is 1030. The zero-order chi connectivity index (χ0) is 26.0. The van der Waals surface area contributed by atoms with Crippen LogP contribution in [0.25, 0.3) is 0 Å². The Kier molecular flexibility index (Phi) is 10.0. The Hall–Kier alpha value is -2.86. The summed E-state index contributed by atoms with van der Waals surface area (Å²) >= 11 is 0. The molecular weight excluding hydrogens is 475 g/mol. The number of aromatic nitrogens is 2. The van der Waals surface area contributed by atoms with Gasteiger partial charge in [0, 0.05) is 71.2 Å². The topological polar surface area (TPSA) is 99.2 Å². The van der Waals surface area contributed by atoms with E-state index in [2.05, 4.69) is 37.7 Å². The lowest BCUT2D eigenvalue weighted by Crippen LogP contribution is -2.50. The highest BCUT2D eigenvalue weighted by atomic mass is 19.1. The minimum Gasteiger partial charge on any atom is -0.380 e.